The number of rotatable bonds is 2. The minimum atomic E-state index is -0.943. The van der Waals surface area contributed by atoms with E-state index in [0.29, 0.717) is 11.1 Å². The predicted octanol–water partition coefficient (Wildman–Crippen LogP) is 3.06. The molecule has 1 fully saturated rings. The van der Waals surface area contributed by atoms with Gasteiger partial charge >= 0.3 is 5.97 Å². The third kappa shape index (κ3) is 2.10. The summed E-state index contributed by atoms with van der Waals surface area (Å²) in [6.07, 6.45) is 5.46. The fourth-order valence-electron chi connectivity index (χ4n) is 2.37. The van der Waals surface area contributed by atoms with Crippen LogP contribution in [0.5, 0.6) is 0 Å². The summed E-state index contributed by atoms with van der Waals surface area (Å²) in [6.45, 7) is 4.51. The molecule has 0 amide bonds. The van der Waals surface area contributed by atoms with Crippen molar-refractivity contribution < 1.29 is 14.4 Å². The van der Waals surface area contributed by atoms with Crippen molar-refractivity contribution in [3.05, 3.63) is 17.5 Å². The van der Waals surface area contributed by atoms with Gasteiger partial charge in [-0.2, -0.15) is 0 Å². The number of aromatic nitrogens is 1. The topological polar surface area (TPSA) is 63.3 Å². The summed E-state index contributed by atoms with van der Waals surface area (Å²) in [6, 6.07) is 0. The van der Waals surface area contributed by atoms with E-state index in [1.54, 1.807) is 0 Å². The molecule has 4 nitrogen and oxygen atoms in total. The molecule has 0 unspecified atom stereocenters. The highest BCUT2D eigenvalue weighted by Crippen LogP contribution is 2.42. The van der Waals surface area contributed by atoms with Gasteiger partial charge in [-0.1, -0.05) is 19.0 Å². The zero-order valence-corrected chi connectivity index (χ0v) is 9.69. The highest BCUT2D eigenvalue weighted by Gasteiger charge is 2.31. The molecule has 0 radical (unpaired) electrons. The summed E-state index contributed by atoms with van der Waals surface area (Å²) in [5.41, 5.74) is 1.23. The molecule has 88 valence electrons. The zero-order valence-electron chi connectivity index (χ0n) is 9.69. The van der Waals surface area contributed by atoms with Crippen LogP contribution in [-0.4, -0.2) is 16.2 Å². The van der Waals surface area contributed by atoms with Crippen molar-refractivity contribution >= 4 is 5.97 Å². The minimum absolute atomic E-state index is 0.227. The number of nitrogens with zero attached hydrogens (tertiary/aromatic N) is 1. The standard InChI is InChI=1S/C12H17NO3/c1-12(2)5-3-8(4-6-12)10-9(11(14)15)7-16-13-10/h7-8H,3-6H2,1-2H3,(H,14,15). The average molecular weight is 223 g/mol. The van der Waals surface area contributed by atoms with Gasteiger partial charge in [-0.25, -0.2) is 4.79 Å². The molecule has 1 N–H and O–H groups in total. The van der Waals surface area contributed by atoms with Gasteiger partial charge in [0.2, 0.25) is 0 Å². The number of aromatic carboxylic acids is 1. The van der Waals surface area contributed by atoms with Gasteiger partial charge in [0, 0.05) is 5.92 Å². The first-order valence-electron chi connectivity index (χ1n) is 5.67. The molecule has 0 spiro atoms. The van der Waals surface area contributed by atoms with Crippen LogP contribution in [0.4, 0.5) is 0 Å². The van der Waals surface area contributed by atoms with Crippen molar-refractivity contribution in [1.29, 1.82) is 0 Å². The van der Waals surface area contributed by atoms with E-state index in [0.717, 1.165) is 25.7 Å². The molecule has 4 heteroatoms. The van der Waals surface area contributed by atoms with E-state index < -0.39 is 5.97 Å². The molecule has 0 aliphatic heterocycles. The van der Waals surface area contributed by atoms with E-state index in [1.165, 1.54) is 6.26 Å². The van der Waals surface area contributed by atoms with E-state index in [4.69, 9.17) is 9.63 Å². The molecule has 1 aromatic heterocycles. The first kappa shape index (κ1) is 11.2. The van der Waals surface area contributed by atoms with Crippen molar-refractivity contribution in [3.63, 3.8) is 0 Å². The average Bonchev–Trinajstić information content (AvgIpc) is 2.66. The van der Waals surface area contributed by atoms with Gasteiger partial charge in [0.15, 0.2) is 0 Å². The van der Waals surface area contributed by atoms with Crippen molar-refractivity contribution in [2.24, 2.45) is 5.41 Å². The summed E-state index contributed by atoms with van der Waals surface area (Å²) >= 11 is 0. The summed E-state index contributed by atoms with van der Waals surface area (Å²) in [4.78, 5) is 11.0. The van der Waals surface area contributed by atoms with Gasteiger partial charge in [0.1, 0.15) is 17.5 Å². The monoisotopic (exact) mass is 223 g/mol. The van der Waals surface area contributed by atoms with Gasteiger partial charge in [-0.05, 0) is 31.1 Å². The molecule has 2 rings (SSSR count). The number of carboxylic acid groups (broad SMARTS) is 1. The molecular weight excluding hydrogens is 206 g/mol. The second-order valence-electron chi connectivity index (χ2n) is 5.36. The molecule has 0 saturated heterocycles. The second kappa shape index (κ2) is 3.92. The molecule has 0 aromatic carbocycles. The molecule has 1 aliphatic carbocycles. The summed E-state index contributed by atoms with van der Waals surface area (Å²) in [5, 5.41) is 12.8. The van der Waals surface area contributed by atoms with E-state index in [2.05, 4.69) is 19.0 Å². The fraction of sp³-hybridized carbons (Fsp3) is 0.667. The Kier molecular flexibility index (Phi) is 2.74. The van der Waals surface area contributed by atoms with Crippen molar-refractivity contribution in [2.75, 3.05) is 0 Å². The SMILES string of the molecule is CC1(C)CCC(c2nocc2C(=O)O)CC1. The molecule has 1 saturated carbocycles. The highest BCUT2D eigenvalue weighted by atomic mass is 16.5. The maximum Gasteiger partial charge on any atom is 0.340 e. The lowest BCUT2D eigenvalue weighted by atomic mass is 9.72. The van der Waals surface area contributed by atoms with Crippen LogP contribution in [0.1, 0.15) is 61.5 Å². The van der Waals surface area contributed by atoms with Crippen molar-refractivity contribution in [1.82, 2.24) is 5.16 Å². The van der Waals surface area contributed by atoms with Gasteiger partial charge < -0.3 is 9.63 Å². The summed E-state index contributed by atoms with van der Waals surface area (Å²) < 4.78 is 4.78. The minimum Gasteiger partial charge on any atom is -0.478 e. The molecule has 1 aromatic rings. The van der Waals surface area contributed by atoms with Gasteiger partial charge in [-0.15, -0.1) is 0 Å². The molecular formula is C12H17NO3. The second-order valence-corrected chi connectivity index (χ2v) is 5.36. The Morgan fingerprint density at radius 2 is 2.12 bits per heavy atom. The first-order chi connectivity index (χ1) is 7.49. The van der Waals surface area contributed by atoms with Crippen LogP contribution in [0.15, 0.2) is 10.8 Å². The van der Waals surface area contributed by atoms with Crippen LogP contribution in [0.3, 0.4) is 0 Å². The van der Waals surface area contributed by atoms with Gasteiger partial charge in [0.25, 0.3) is 0 Å². The van der Waals surface area contributed by atoms with Crippen LogP contribution >= 0.6 is 0 Å². The summed E-state index contributed by atoms with van der Waals surface area (Å²) in [5.74, 6) is -0.695. The fourth-order valence-corrected chi connectivity index (χ4v) is 2.37. The van der Waals surface area contributed by atoms with Crippen LogP contribution in [0, 0.1) is 5.41 Å². The lowest BCUT2D eigenvalue weighted by Crippen LogP contribution is -2.21. The number of carbonyl (C=O) groups is 1. The third-order valence-corrected chi connectivity index (χ3v) is 3.55. The van der Waals surface area contributed by atoms with Crippen LogP contribution in [0.2, 0.25) is 0 Å². The molecule has 1 heterocycles. The third-order valence-electron chi connectivity index (χ3n) is 3.55. The molecule has 0 bridgehead atoms. The Balaban J connectivity index is 2.14. The van der Waals surface area contributed by atoms with E-state index in [-0.39, 0.29) is 11.5 Å². The van der Waals surface area contributed by atoms with Crippen LogP contribution < -0.4 is 0 Å². The van der Waals surface area contributed by atoms with E-state index in [9.17, 15) is 4.79 Å². The Labute approximate surface area is 94.6 Å². The maximum atomic E-state index is 11.0. The first-order valence-corrected chi connectivity index (χ1v) is 5.67. The Hall–Kier alpha value is -1.32. The molecule has 16 heavy (non-hydrogen) atoms. The number of hydrogen-bond donors (Lipinski definition) is 1. The van der Waals surface area contributed by atoms with E-state index >= 15 is 0 Å². The maximum absolute atomic E-state index is 11.0. The normalized spacial score (nSPS) is 20.9. The van der Waals surface area contributed by atoms with Crippen molar-refractivity contribution in [3.8, 4) is 0 Å². The lowest BCUT2D eigenvalue weighted by Gasteiger charge is -2.33. The Morgan fingerprint density at radius 1 is 1.50 bits per heavy atom. The predicted molar refractivity (Wildman–Crippen MR) is 58.5 cm³/mol. The quantitative estimate of drug-likeness (QED) is 0.836. The molecule has 1 aliphatic rings. The Morgan fingerprint density at radius 3 is 2.69 bits per heavy atom. The number of hydrogen-bond acceptors (Lipinski definition) is 3. The lowest BCUT2D eigenvalue weighted by molar-refractivity contribution is 0.0694. The number of carboxylic acids is 1. The summed E-state index contributed by atoms with van der Waals surface area (Å²) in [7, 11) is 0. The Bertz CT molecular complexity index is 385. The smallest absolute Gasteiger partial charge is 0.340 e. The largest absolute Gasteiger partial charge is 0.478 e. The van der Waals surface area contributed by atoms with Gasteiger partial charge in [-0.3, -0.25) is 0 Å². The molecule has 0 atom stereocenters. The van der Waals surface area contributed by atoms with Crippen molar-refractivity contribution in [2.45, 2.75) is 45.4 Å². The van der Waals surface area contributed by atoms with Crippen LogP contribution in [-0.2, 0) is 0 Å². The van der Waals surface area contributed by atoms with Crippen LogP contribution in [0.25, 0.3) is 0 Å². The highest BCUT2D eigenvalue weighted by molar-refractivity contribution is 5.88. The zero-order chi connectivity index (χ0) is 11.8. The van der Waals surface area contributed by atoms with Gasteiger partial charge in [0.05, 0.1) is 0 Å². The van der Waals surface area contributed by atoms with E-state index in [1.807, 2.05) is 0 Å².